The second-order valence-electron chi connectivity index (χ2n) is 6.61. The zero-order chi connectivity index (χ0) is 20.2. The number of thiazole rings is 1. The van der Waals surface area contributed by atoms with Gasteiger partial charge < -0.3 is 10.1 Å². The third-order valence-corrected chi connectivity index (χ3v) is 5.28. The fourth-order valence-electron chi connectivity index (χ4n) is 3.08. The molecule has 0 radical (unpaired) electrons. The van der Waals surface area contributed by atoms with Crippen LogP contribution in [0.4, 0.5) is 9.52 Å². The van der Waals surface area contributed by atoms with E-state index in [9.17, 15) is 14.0 Å². The molecule has 2 aromatic carbocycles. The van der Waals surface area contributed by atoms with Crippen LogP contribution in [0.25, 0.3) is 0 Å². The minimum Gasteiger partial charge on any atom is -0.488 e. The van der Waals surface area contributed by atoms with Crippen molar-refractivity contribution >= 4 is 28.3 Å². The zero-order valence-corrected chi connectivity index (χ0v) is 16.2. The molecule has 4 rings (SSSR count). The summed E-state index contributed by atoms with van der Waals surface area (Å²) in [6.45, 7) is 0.411. The number of hydrogen-bond donors (Lipinski definition) is 2. The van der Waals surface area contributed by atoms with Crippen LogP contribution in [0, 0.1) is 5.82 Å². The van der Waals surface area contributed by atoms with Gasteiger partial charge in [-0.2, -0.15) is 0 Å². The van der Waals surface area contributed by atoms with Crippen LogP contribution in [0.5, 0.6) is 5.75 Å². The Morgan fingerprint density at radius 3 is 2.79 bits per heavy atom. The van der Waals surface area contributed by atoms with E-state index in [0.29, 0.717) is 17.4 Å². The normalized spacial score (nSPS) is 14.7. The molecule has 0 saturated carbocycles. The van der Waals surface area contributed by atoms with E-state index in [1.807, 2.05) is 24.3 Å². The van der Waals surface area contributed by atoms with E-state index < -0.39 is 11.7 Å². The second kappa shape index (κ2) is 8.40. The maximum atomic E-state index is 13.7. The number of aromatic nitrogens is 1. The predicted molar refractivity (Wildman–Crippen MR) is 108 cm³/mol. The summed E-state index contributed by atoms with van der Waals surface area (Å²) in [6, 6.07) is 13.5. The predicted octanol–water partition coefficient (Wildman–Crippen LogP) is 3.20. The quantitative estimate of drug-likeness (QED) is 0.653. The highest BCUT2D eigenvalue weighted by molar-refractivity contribution is 7.14. The van der Waals surface area contributed by atoms with Crippen molar-refractivity contribution in [1.82, 2.24) is 10.3 Å². The lowest BCUT2D eigenvalue weighted by molar-refractivity contribution is -0.120. The standard InChI is InChI=1S/C21H18FN3O3S/c22-17-7-3-2-6-16(17)20(27)25-21-24-14(12-29-21)10-19(26)23-11-15-9-13-5-1-4-8-18(13)28-15/h1-8,12,15H,9-11H2,(H,23,26)(H,24,25,27)/t15-/m0/s1. The van der Waals surface area contributed by atoms with Crippen LogP contribution in [-0.2, 0) is 17.6 Å². The highest BCUT2D eigenvalue weighted by atomic mass is 32.1. The number of halogens is 1. The van der Waals surface area contributed by atoms with Crippen LogP contribution in [0.15, 0.2) is 53.9 Å². The Morgan fingerprint density at radius 1 is 1.17 bits per heavy atom. The van der Waals surface area contributed by atoms with Crippen molar-refractivity contribution in [1.29, 1.82) is 0 Å². The number of rotatable bonds is 6. The Morgan fingerprint density at radius 2 is 1.97 bits per heavy atom. The van der Waals surface area contributed by atoms with Crippen molar-refractivity contribution in [2.24, 2.45) is 0 Å². The Kier molecular flexibility index (Phi) is 5.53. The maximum absolute atomic E-state index is 13.7. The third kappa shape index (κ3) is 4.60. The van der Waals surface area contributed by atoms with Crippen molar-refractivity contribution < 1.29 is 18.7 Å². The smallest absolute Gasteiger partial charge is 0.260 e. The number of para-hydroxylation sites is 1. The molecule has 0 bridgehead atoms. The van der Waals surface area contributed by atoms with Crippen LogP contribution >= 0.6 is 11.3 Å². The van der Waals surface area contributed by atoms with Gasteiger partial charge in [-0.25, -0.2) is 9.37 Å². The van der Waals surface area contributed by atoms with Crippen molar-refractivity contribution in [3.8, 4) is 5.75 Å². The summed E-state index contributed by atoms with van der Waals surface area (Å²) in [7, 11) is 0. The van der Waals surface area contributed by atoms with Gasteiger partial charge in [-0.3, -0.25) is 14.9 Å². The Balaban J connectivity index is 1.26. The Hall–Kier alpha value is -3.26. The molecular formula is C21H18FN3O3S. The lowest BCUT2D eigenvalue weighted by atomic mass is 10.1. The van der Waals surface area contributed by atoms with E-state index in [1.165, 1.54) is 29.5 Å². The molecule has 0 aliphatic carbocycles. The molecule has 1 aliphatic rings. The molecule has 0 unspecified atom stereocenters. The number of hydrogen-bond acceptors (Lipinski definition) is 5. The largest absolute Gasteiger partial charge is 0.488 e. The fraction of sp³-hybridized carbons (Fsp3) is 0.190. The summed E-state index contributed by atoms with van der Waals surface area (Å²) in [6.07, 6.45) is 0.771. The first-order chi connectivity index (χ1) is 14.1. The van der Waals surface area contributed by atoms with E-state index in [4.69, 9.17) is 4.74 Å². The molecule has 0 spiro atoms. The van der Waals surface area contributed by atoms with Crippen molar-refractivity contribution in [2.45, 2.75) is 18.9 Å². The first-order valence-electron chi connectivity index (χ1n) is 9.10. The molecule has 8 heteroatoms. The molecular weight excluding hydrogens is 393 g/mol. The van der Waals surface area contributed by atoms with Gasteiger partial charge in [0, 0.05) is 11.8 Å². The highest BCUT2D eigenvalue weighted by Gasteiger charge is 2.22. The summed E-state index contributed by atoms with van der Waals surface area (Å²) in [5.74, 6) is -0.493. The molecule has 3 aromatic rings. The van der Waals surface area contributed by atoms with Gasteiger partial charge in [0.25, 0.3) is 5.91 Å². The van der Waals surface area contributed by atoms with E-state index in [-0.39, 0.29) is 24.0 Å². The number of benzene rings is 2. The molecule has 29 heavy (non-hydrogen) atoms. The van der Waals surface area contributed by atoms with Gasteiger partial charge in [-0.15, -0.1) is 11.3 Å². The number of carbonyl (C=O) groups excluding carboxylic acids is 2. The number of carbonyl (C=O) groups is 2. The van der Waals surface area contributed by atoms with E-state index in [1.54, 1.807) is 11.4 Å². The van der Waals surface area contributed by atoms with Crippen LogP contribution in [0.1, 0.15) is 21.6 Å². The van der Waals surface area contributed by atoms with Crippen molar-refractivity contribution in [3.05, 3.63) is 76.5 Å². The van der Waals surface area contributed by atoms with Gasteiger partial charge in [-0.05, 0) is 23.8 Å². The van der Waals surface area contributed by atoms with Gasteiger partial charge in [0.05, 0.1) is 24.2 Å². The monoisotopic (exact) mass is 411 g/mol. The molecule has 2 heterocycles. The van der Waals surface area contributed by atoms with E-state index >= 15 is 0 Å². The first kappa shape index (κ1) is 19.1. The van der Waals surface area contributed by atoms with Crippen molar-refractivity contribution in [3.63, 3.8) is 0 Å². The third-order valence-electron chi connectivity index (χ3n) is 4.47. The van der Waals surface area contributed by atoms with Gasteiger partial charge in [0.1, 0.15) is 17.7 Å². The minimum atomic E-state index is -0.600. The average molecular weight is 411 g/mol. The summed E-state index contributed by atoms with van der Waals surface area (Å²) in [5, 5.41) is 7.42. The molecule has 1 aliphatic heterocycles. The molecule has 2 N–H and O–H groups in total. The molecule has 1 atom stereocenters. The van der Waals surface area contributed by atoms with Crippen LogP contribution in [0.3, 0.4) is 0 Å². The lowest BCUT2D eigenvalue weighted by Crippen LogP contribution is -2.35. The van der Waals surface area contributed by atoms with Crippen LogP contribution < -0.4 is 15.4 Å². The van der Waals surface area contributed by atoms with E-state index in [0.717, 1.165) is 17.7 Å². The molecule has 2 amide bonds. The first-order valence-corrected chi connectivity index (χ1v) is 9.98. The van der Waals surface area contributed by atoms with Crippen LogP contribution in [0.2, 0.25) is 0 Å². The molecule has 1 aromatic heterocycles. The number of fused-ring (bicyclic) bond motifs is 1. The minimum absolute atomic E-state index is 0.0560. The van der Waals surface area contributed by atoms with Crippen LogP contribution in [-0.4, -0.2) is 29.4 Å². The van der Waals surface area contributed by atoms with Gasteiger partial charge in [0.15, 0.2) is 5.13 Å². The number of nitrogens with one attached hydrogen (secondary N) is 2. The number of anilines is 1. The molecule has 0 fully saturated rings. The summed E-state index contributed by atoms with van der Waals surface area (Å²) in [4.78, 5) is 28.6. The second-order valence-corrected chi connectivity index (χ2v) is 7.47. The number of nitrogens with zero attached hydrogens (tertiary/aromatic N) is 1. The van der Waals surface area contributed by atoms with Gasteiger partial charge in [-0.1, -0.05) is 30.3 Å². The number of ether oxygens (including phenoxy) is 1. The Labute approximate surface area is 170 Å². The average Bonchev–Trinajstić information content (AvgIpc) is 3.33. The molecule has 6 nitrogen and oxygen atoms in total. The van der Waals surface area contributed by atoms with E-state index in [2.05, 4.69) is 15.6 Å². The SMILES string of the molecule is O=C(Cc1csc(NC(=O)c2ccccc2F)n1)NC[C@@H]1Cc2ccccc2O1. The highest BCUT2D eigenvalue weighted by Crippen LogP contribution is 2.27. The zero-order valence-electron chi connectivity index (χ0n) is 15.4. The maximum Gasteiger partial charge on any atom is 0.260 e. The summed E-state index contributed by atoms with van der Waals surface area (Å²) in [5.41, 5.74) is 1.62. The molecule has 148 valence electrons. The van der Waals surface area contributed by atoms with Gasteiger partial charge >= 0.3 is 0 Å². The fourth-order valence-corrected chi connectivity index (χ4v) is 3.78. The van der Waals surface area contributed by atoms with Crippen molar-refractivity contribution in [2.75, 3.05) is 11.9 Å². The van der Waals surface area contributed by atoms with Gasteiger partial charge in [0.2, 0.25) is 5.91 Å². The topological polar surface area (TPSA) is 80.3 Å². The Bertz CT molecular complexity index is 1030. The number of amides is 2. The molecule has 0 saturated heterocycles. The lowest BCUT2D eigenvalue weighted by Gasteiger charge is -2.11. The summed E-state index contributed by atoms with van der Waals surface area (Å²) >= 11 is 1.19. The summed E-state index contributed by atoms with van der Waals surface area (Å²) < 4.78 is 19.5.